The Hall–Kier alpha value is -1.14. The first kappa shape index (κ1) is 17.9. The van der Waals surface area contributed by atoms with Gasteiger partial charge in [-0.05, 0) is 23.6 Å². The molecule has 0 saturated carbocycles. The molecule has 0 heterocycles. The molecule has 0 aliphatic heterocycles. The first-order chi connectivity index (χ1) is 10.1. The molecular weight excluding hydrogens is 270 g/mol. The van der Waals surface area contributed by atoms with Gasteiger partial charge in [-0.3, -0.25) is 4.90 Å². The fourth-order valence-corrected chi connectivity index (χ4v) is 2.07. The van der Waals surface area contributed by atoms with Gasteiger partial charge >= 0.3 is 0 Å². The first-order valence-corrected chi connectivity index (χ1v) is 7.41. The number of aliphatic hydroxyl groups excluding tert-OH is 3. The molecule has 3 N–H and O–H groups in total. The largest absolute Gasteiger partial charge is 0.491 e. The minimum atomic E-state index is -0.659. The van der Waals surface area contributed by atoms with Gasteiger partial charge in [0.05, 0.1) is 13.2 Å². The van der Waals surface area contributed by atoms with Crippen LogP contribution in [0.15, 0.2) is 24.3 Å². The van der Waals surface area contributed by atoms with Crippen LogP contribution in [0, 0.1) is 0 Å². The van der Waals surface area contributed by atoms with Crippen LogP contribution in [0.2, 0.25) is 0 Å². The lowest BCUT2D eigenvalue weighted by Gasteiger charge is -2.23. The van der Waals surface area contributed by atoms with Gasteiger partial charge in [0.15, 0.2) is 0 Å². The molecule has 21 heavy (non-hydrogen) atoms. The molecule has 1 atom stereocenters. The quantitative estimate of drug-likeness (QED) is 0.597. The highest BCUT2D eigenvalue weighted by atomic mass is 16.5. The van der Waals surface area contributed by atoms with Crippen LogP contribution >= 0.6 is 0 Å². The molecule has 120 valence electrons. The summed E-state index contributed by atoms with van der Waals surface area (Å²) >= 11 is 0. The van der Waals surface area contributed by atoms with Crippen LogP contribution in [-0.2, 0) is 0 Å². The molecule has 0 aliphatic carbocycles. The predicted octanol–water partition coefficient (Wildman–Crippen LogP) is 0.836. The molecule has 0 fully saturated rings. The Morgan fingerprint density at radius 2 is 1.62 bits per heavy atom. The standard InChI is InChI=1S/C16H27NO4/c1-13(2)14-3-5-16(6-4-14)21-12-15(20)11-17(7-9-18)8-10-19/h3-6,13,15,18-20H,7-12H2,1-2H3/t15-/m0/s1. The van der Waals surface area contributed by atoms with Crippen molar-refractivity contribution in [2.75, 3.05) is 39.5 Å². The minimum Gasteiger partial charge on any atom is -0.491 e. The van der Waals surface area contributed by atoms with Crippen molar-refractivity contribution in [1.29, 1.82) is 0 Å². The number of rotatable bonds is 10. The maximum Gasteiger partial charge on any atom is 0.119 e. The number of benzene rings is 1. The highest BCUT2D eigenvalue weighted by Crippen LogP contribution is 2.18. The van der Waals surface area contributed by atoms with E-state index in [-0.39, 0.29) is 19.8 Å². The van der Waals surface area contributed by atoms with E-state index in [2.05, 4.69) is 13.8 Å². The van der Waals surface area contributed by atoms with Crippen molar-refractivity contribution in [2.45, 2.75) is 25.9 Å². The van der Waals surface area contributed by atoms with E-state index in [1.807, 2.05) is 24.3 Å². The normalized spacial score (nSPS) is 12.9. The molecule has 5 heteroatoms. The Labute approximate surface area is 126 Å². The van der Waals surface area contributed by atoms with E-state index in [1.54, 1.807) is 4.90 Å². The van der Waals surface area contributed by atoms with Crippen molar-refractivity contribution in [3.63, 3.8) is 0 Å². The minimum absolute atomic E-state index is 0.00421. The van der Waals surface area contributed by atoms with Gasteiger partial charge < -0.3 is 20.1 Å². The van der Waals surface area contributed by atoms with E-state index in [4.69, 9.17) is 14.9 Å². The summed E-state index contributed by atoms with van der Waals surface area (Å²) in [7, 11) is 0. The zero-order valence-electron chi connectivity index (χ0n) is 12.9. The van der Waals surface area contributed by atoms with Crippen molar-refractivity contribution in [1.82, 2.24) is 4.90 Å². The summed E-state index contributed by atoms with van der Waals surface area (Å²) in [5, 5.41) is 27.8. The zero-order chi connectivity index (χ0) is 15.7. The third-order valence-electron chi connectivity index (χ3n) is 3.29. The molecule has 0 radical (unpaired) electrons. The monoisotopic (exact) mass is 297 g/mol. The molecule has 0 amide bonds. The van der Waals surface area contributed by atoms with E-state index in [1.165, 1.54) is 5.56 Å². The predicted molar refractivity (Wildman–Crippen MR) is 82.6 cm³/mol. The molecule has 5 nitrogen and oxygen atoms in total. The smallest absolute Gasteiger partial charge is 0.119 e. The Morgan fingerprint density at radius 1 is 1.05 bits per heavy atom. The summed E-state index contributed by atoms with van der Waals surface area (Å²) in [6.45, 7) is 5.70. The topological polar surface area (TPSA) is 73.2 Å². The van der Waals surface area contributed by atoms with Crippen LogP contribution in [-0.4, -0.2) is 65.8 Å². The Bertz CT molecular complexity index is 374. The van der Waals surface area contributed by atoms with Crippen LogP contribution in [0.5, 0.6) is 5.75 Å². The van der Waals surface area contributed by atoms with E-state index >= 15 is 0 Å². The second-order valence-electron chi connectivity index (χ2n) is 5.44. The van der Waals surface area contributed by atoms with Crippen molar-refractivity contribution in [3.05, 3.63) is 29.8 Å². The molecule has 1 aromatic carbocycles. The van der Waals surface area contributed by atoms with Gasteiger partial charge in [0, 0.05) is 19.6 Å². The maximum absolute atomic E-state index is 9.95. The Kier molecular flexibility index (Phi) is 8.30. The third-order valence-corrected chi connectivity index (χ3v) is 3.29. The van der Waals surface area contributed by atoms with E-state index < -0.39 is 6.10 Å². The maximum atomic E-state index is 9.95. The van der Waals surface area contributed by atoms with E-state index in [0.717, 1.165) is 5.75 Å². The fraction of sp³-hybridized carbons (Fsp3) is 0.625. The van der Waals surface area contributed by atoms with Crippen molar-refractivity contribution in [2.24, 2.45) is 0 Å². The van der Waals surface area contributed by atoms with Gasteiger partial charge in [-0.1, -0.05) is 26.0 Å². The lowest BCUT2D eigenvalue weighted by molar-refractivity contribution is 0.0552. The highest BCUT2D eigenvalue weighted by Gasteiger charge is 2.12. The molecule has 0 bridgehead atoms. The van der Waals surface area contributed by atoms with Crippen LogP contribution < -0.4 is 4.74 Å². The summed E-state index contributed by atoms with van der Waals surface area (Å²) in [6, 6.07) is 7.86. The molecule has 0 saturated heterocycles. The summed E-state index contributed by atoms with van der Waals surface area (Å²) in [5.41, 5.74) is 1.25. The lowest BCUT2D eigenvalue weighted by atomic mass is 10.0. The van der Waals surface area contributed by atoms with Gasteiger partial charge in [-0.25, -0.2) is 0 Å². The zero-order valence-corrected chi connectivity index (χ0v) is 12.9. The summed E-state index contributed by atoms with van der Waals surface area (Å²) in [6.07, 6.45) is -0.659. The van der Waals surface area contributed by atoms with E-state index in [9.17, 15) is 5.11 Å². The van der Waals surface area contributed by atoms with Crippen molar-refractivity contribution < 1.29 is 20.1 Å². The summed E-state index contributed by atoms with van der Waals surface area (Å²) in [5.74, 6) is 1.21. The molecule has 0 spiro atoms. The van der Waals surface area contributed by atoms with Gasteiger partial charge in [0.2, 0.25) is 0 Å². The molecule has 0 aliphatic rings. The second kappa shape index (κ2) is 9.73. The lowest BCUT2D eigenvalue weighted by Crippen LogP contribution is -2.38. The van der Waals surface area contributed by atoms with Gasteiger partial charge in [-0.15, -0.1) is 0 Å². The average Bonchev–Trinajstić information content (AvgIpc) is 2.46. The van der Waals surface area contributed by atoms with Crippen LogP contribution in [0.25, 0.3) is 0 Å². The van der Waals surface area contributed by atoms with Gasteiger partial charge in [-0.2, -0.15) is 0 Å². The number of ether oxygens (including phenoxy) is 1. The molecular formula is C16H27NO4. The Balaban J connectivity index is 2.39. The molecule has 0 unspecified atom stereocenters. The summed E-state index contributed by atoms with van der Waals surface area (Å²) < 4.78 is 5.56. The SMILES string of the molecule is CC(C)c1ccc(OC[C@@H](O)CN(CCO)CCO)cc1. The molecule has 1 aromatic rings. The number of hydrogen-bond acceptors (Lipinski definition) is 5. The first-order valence-electron chi connectivity index (χ1n) is 7.41. The van der Waals surface area contributed by atoms with Crippen molar-refractivity contribution >= 4 is 0 Å². The van der Waals surface area contributed by atoms with Gasteiger partial charge in [0.1, 0.15) is 18.5 Å². The third kappa shape index (κ3) is 6.91. The van der Waals surface area contributed by atoms with Gasteiger partial charge in [0.25, 0.3) is 0 Å². The highest BCUT2D eigenvalue weighted by molar-refractivity contribution is 5.28. The van der Waals surface area contributed by atoms with E-state index in [0.29, 0.717) is 25.6 Å². The van der Waals surface area contributed by atoms with Crippen LogP contribution in [0.4, 0.5) is 0 Å². The number of hydrogen-bond donors (Lipinski definition) is 3. The molecule has 0 aromatic heterocycles. The average molecular weight is 297 g/mol. The van der Waals surface area contributed by atoms with Crippen molar-refractivity contribution in [3.8, 4) is 5.75 Å². The summed E-state index contributed by atoms with van der Waals surface area (Å²) in [4.78, 5) is 1.80. The fourth-order valence-electron chi connectivity index (χ4n) is 2.07. The Morgan fingerprint density at radius 3 is 2.10 bits per heavy atom. The molecule has 1 rings (SSSR count). The van der Waals surface area contributed by atoms with Crippen LogP contribution in [0.3, 0.4) is 0 Å². The number of aliphatic hydroxyl groups is 3. The second-order valence-corrected chi connectivity index (χ2v) is 5.44. The van der Waals surface area contributed by atoms with Crippen LogP contribution in [0.1, 0.15) is 25.3 Å². The number of nitrogens with zero attached hydrogens (tertiary/aromatic N) is 1.